The van der Waals surface area contributed by atoms with Gasteiger partial charge in [-0.25, -0.2) is 0 Å². The minimum Gasteiger partial charge on any atom is -0.494 e. The molecule has 0 spiro atoms. The summed E-state index contributed by atoms with van der Waals surface area (Å²) in [6, 6.07) is 12.5. The average Bonchev–Trinajstić information content (AvgIpc) is 2.44. The van der Waals surface area contributed by atoms with Crippen LogP contribution < -0.4 is 15.8 Å². The van der Waals surface area contributed by atoms with Gasteiger partial charge in [0.1, 0.15) is 5.75 Å². The Morgan fingerprint density at radius 2 is 1.90 bits per heavy atom. The number of rotatable bonds is 4. The standard InChI is InChI=1S/C16H18N2O2/c1-3-20-13-9-7-12(8-10-13)16(19)18-15-11(2)5-4-6-14(15)17/h4-10H,3,17H2,1-2H3,(H,18,19). The van der Waals surface area contributed by atoms with Crippen LogP contribution in [0, 0.1) is 6.92 Å². The van der Waals surface area contributed by atoms with Crippen molar-refractivity contribution in [2.45, 2.75) is 13.8 Å². The van der Waals surface area contributed by atoms with Gasteiger partial charge in [0.05, 0.1) is 18.0 Å². The molecule has 0 aliphatic rings. The summed E-state index contributed by atoms with van der Waals surface area (Å²) < 4.78 is 5.35. The molecule has 104 valence electrons. The van der Waals surface area contributed by atoms with Crippen molar-refractivity contribution in [3.63, 3.8) is 0 Å². The zero-order chi connectivity index (χ0) is 14.5. The van der Waals surface area contributed by atoms with E-state index < -0.39 is 0 Å². The fourth-order valence-corrected chi connectivity index (χ4v) is 1.92. The van der Waals surface area contributed by atoms with E-state index in [-0.39, 0.29) is 5.91 Å². The Hall–Kier alpha value is -2.49. The first-order valence-corrected chi connectivity index (χ1v) is 6.51. The maximum absolute atomic E-state index is 12.2. The van der Waals surface area contributed by atoms with E-state index in [0.29, 0.717) is 23.5 Å². The van der Waals surface area contributed by atoms with Crippen molar-refractivity contribution in [1.29, 1.82) is 0 Å². The summed E-state index contributed by atoms with van der Waals surface area (Å²) in [6.45, 7) is 4.43. The highest BCUT2D eigenvalue weighted by Crippen LogP contribution is 2.23. The molecule has 0 aliphatic heterocycles. The smallest absolute Gasteiger partial charge is 0.255 e. The highest BCUT2D eigenvalue weighted by Gasteiger charge is 2.10. The number of nitrogens with one attached hydrogen (secondary N) is 1. The number of nitrogen functional groups attached to an aromatic ring is 1. The number of ether oxygens (including phenoxy) is 1. The molecule has 2 aromatic rings. The summed E-state index contributed by atoms with van der Waals surface area (Å²) >= 11 is 0. The van der Waals surface area contributed by atoms with E-state index in [2.05, 4.69) is 5.32 Å². The van der Waals surface area contributed by atoms with Gasteiger partial charge in [-0.2, -0.15) is 0 Å². The number of hydrogen-bond acceptors (Lipinski definition) is 3. The van der Waals surface area contributed by atoms with Crippen LogP contribution >= 0.6 is 0 Å². The molecule has 0 fully saturated rings. The first-order valence-electron chi connectivity index (χ1n) is 6.51. The van der Waals surface area contributed by atoms with Crippen LogP contribution in [0.3, 0.4) is 0 Å². The molecule has 0 saturated heterocycles. The molecule has 2 rings (SSSR count). The SMILES string of the molecule is CCOc1ccc(C(=O)Nc2c(C)cccc2N)cc1. The average molecular weight is 270 g/mol. The molecule has 0 aliphatic carbocycles. The number of carbonyl (C=O) groups is 1. The van der Waals surface area contributed by atoms with Gasteiger partial charge in [0.25, 0.3) is 5.91 Å². The summed E-state index contributed by atoms with van der Waals surface area (Å²) in [5, 5.41) is 2.84. The number of para-hydroxylation sites is 1. The van der Waals surface area contributed by atoms with E-state index in [1.807, 2.05) is 26.0 Å². The summed E-state index contributed by atoms with van der Waals surface area (Å²) in [5.74, 6) is 0.563. The van der Waals surface area contributed by atoms with Crippen molar-refractivity contribution in [2.24, 2.45) is 0 Å². The van der Waals surface area contributed by atoms with Crippen LogP contribution in [0.2, 0.25) is 0 Å². The van der Waals surface area contributed by atoms with E-state index in [1.165, 1.54) is 0 Å². The summed E-state index contributed by atoms with van der Waals surface area (Å²) in [5.41, 5.74) is 8.60. The van der Waals surface area contributed by atoms with E-state index in [0.717, 1.165) is 11.3 Å². The van der Waals surface area contributed by atoms with Gasteiger partial charge in [-0.05, 0) is 49.7 Å². The fourth-order valence-electron chi connectivity index (χ4n) is 1.92. The van der Waals surface area contributed by atoms with E-state index in [4.69, 9.17) is 10.5 Å². The molecule has 0 unspecified atom stereocenters. The maximum Gasteiger partial charge on any atom is 0.255 e. The van der Waals surface area contributed by atoms with Gasteiger partial charge in [0.2, 0.25) is 0 Å². The molecule has 2 aromatic carbocycles. The second-order valence-corrected chi connectivity index (χ2v) is 4.45. The predicted molar refractivity (Wildman–Crippen MR) is 81.2 cm³/mol. The lowest BCUT2D eigenvalue weighted by atomic mass is 10.1. The van der Waals surface area contributed by atoms with Gasteiger partial charge in [-0.1, -0.05) is 12.1 Å². The zero-order valence-electron chi connectivity index (χ0n) is 11.6. The zero-order valence-corrected chi connectivity index (χ0v) is 11.6. The number of anilines is 2. The largest absolute Gasteiger partial charge is 0.494 e. The molecule has 0 aromatic heterocycles. The number of amides is 1. The van der Waals surface area contributed by atoms with Gasteiger partial charge in [-0.15, -0.1) is 0 Å². The van der Waals surface area contributed by atoms with Crippen LogP contribution in [0.5, 0.6) is 5.75 Å². The van der Waals surface area contributed by atoms with Crippen LogP contribution in [0.15, 0.2) is 42.5 Å². The number of nitrogens with two attached hydrogens (primary N) is 1. The predicted octanol–water partition coefficient (Wildman–Crippen LogP) is 3.23. The molecule has 0 saturated carbocycles. The molecule has 4 heteroatoms. The van der Waals surface area contributed by atoms with Crippen molar-refractivity contribution in [3.05, 3.63) is 53.6 Å². The Kier molecular flexibility index (Phi) is 4.25. The molecule has 3 N–H and O–H groups in total. The number of hydrogen-bond donors (Lipinski definition) is 2. The molecule has 0 radical (unpaired) electrons. The van der Waals surface area contributed by atoms with Crippen LogP contribution in [0.25, 0.3) is 0 Å². The van der Waals surface area contributed by atoms with E-state index in [9.17, 15) is 4.79 Å². The Balaban J connectivity index is 2.16. The summed E-state index contributed by atoms with van der Waals surface area (Å²) in [6.07, 6.45) is 0. The minimum atomic E-state index is -0.186. The summed E-state index contributed by atoms with van der Waals surface area (Å²) in [4.78, 5) is 12.2. The third-order valence-electron chi connectivity index (χ3n) is 2.97. The first-order chi connectivity index (χ1) is 9.61. The topological polar surface area (TPSA) is 64.3 Å². The van der Waals surface area contributed by atoms with Crippen LogP contribution in [-0.4, -0.2) is 12.5 Å². The quantitative estimate of drug-likeness (QED) is 0.838. The van der Waals surface area contributed by atoms with Gasteiger partial charge >= 0.3 is 0 Å². The Bertz CT molecular complexity index is 586. The second-order valence-electron chi connectivity index (χ2n) is 4.45. The van der Waals surface area contributed by atoms with Crippen molar-refractivity contribution in [1.82, 2.24) is 0 Å². The molecule has 1 amide bonds. The molecule has 0 heterocycles. The normalized spacial score (nSPS) is 10.1. The molecule has 0 atom stereocenters. The monoisotopic (exact) mass is 270 g/mol. The third kappa shape index (κ3) is 3.09. The van der Waals surface area contributed by atoms with Crippen LogP contribution in [-0.2, 0) is 0 Å². The molecule has 0 bridgehead atoms. The Morgan fingerprint density at radius 1 is 1.20 bits per heavy atom. The van der Waals surface area contributed by atoms with Crippen molar-refractivity contribution < 1.29 is 9.53 Å². The Labute approximate surface area is 118 Å². The lowest BCUT2D eigenvalue weighted by Gasteiger charge is -2.11. The molecule has 4 nitrogen and oxygen atoms in total. The molecular weight excluding hydrogens is 252 g/mol. The molecule has 20 heavy (non-hydrogen) atoms. The van der Waals surface area contributed by atoms with E-state index >= 15 is 0 Å². The summed E-state index contributed by atoms with van der Waals surface area (Å²) in [7, 11) is 0. The van der Waals surface area contributed by atoms with Crippen molar-refractivity contribution in [2.75, 3.05) is 17.7 Å². The second kappa shape index (κ2) is 6.10. The Morgan fingerprint density at radius 3 is 2.50 bits per heavy atom. The van der Waals surface area contributed by atoms with Gasteiger partial charge in [-0.3, -0.25) is 4.79 Å². The highest BCUT2D eigenvalue weighted by atomic mass is 16.5. The fraction of sp³-hybridized carbons (Fsp3) is 0.188. The number of aryl methyl sites for hydroxylation is 1. The van der Waals surface area contributed by atoms with Crippen LogP contribution in [0.4, 0.5) is 11.4 Å². The minimum absolute atomic E-state index is 0.186. The number of carbonyl (C=O) groups excluding carboxylic acids is 1. The lowest BCUT2D eigenvalue weighted by molar-refractivity contribution is 0.102. The third-order valence-corrected chi connectivity index (χ3v) is 2.97. The highest BCUT2D eigenvalue weighted by molar-refractivity contribution is 6.06. The maximum atomic E-state index is 12.2. The van der Waals surface area contributed by atoms with Gasteiger partial charge in [0, 0.05) is 5.56 Å². The van der Waals surface area contributed by atoms with Crippen molar-refractivity contribution in [3.8, 4) is 5.75 Å². The first kappa shape index (κ1) is 13.9. The van der Waals surface area contributed by atoms with E-state index in [1.54, 1.807) is 30.3 Å². The van der Waals surface area contributed by atoms with Gasteiger partial charge in [0.15, 0.2) is 0 Å². The van der Waals surface area contributed by atoms with Crippen LogP contribution in [0.1, 0.15) is 22.8 Å². The number of benzene rings is 2. The van der Waals surface area contributed by atoms with Crippen molar-refractivity contribution >= 4 is 17.3 Å². The van der Waals surface area contributed by atoms with Gasteiger partial charge < -0.3 is 15.8 Å². The molecular formula is C16H18N2O2. The lowest BCUT2D eigenvalue weighted by Crippen LogP contribution is -2.14.